The normalized spacial score (nSPS) is 12.0. The van der Waals surface area contributed by atoms with Gasteiger partial charge in [0.25, 0.3) is 0 Å². The maximum Gasteiger partial charge on any atom is 0.230 e. The molecule has 1 aromatic carbocycles. The highest BCUT2D eigenvalue weighted by atomic mass is 32.2. The number of thioether (sulfide) groups is 1. The Kier molecular flexibility index (Phi) is 6.92. The average molecular weight is 350 g/mol. The van der Waals surface area contributed by atoms with Crippen LogP contribution in [0.25, 0.3) is 0 Å². The van der Waals surface area contributed by atoms with E-state index < -0.39 is 0 Å². The van der Waals surface area contributed by atoms with Crippen LogP contribution < -0.4 is 10.2 Å². The van der Waals surface area contributed by atoms with E-state index in [-0.39, 0.29) is 11.9 Å². The van der Waals surface area contributed by atoms with Crippen LogP contribution in [0.15, 0.2) is 35.7 Å². The minimum atomic E-state index is 0.0789. The lowest BCUT2D eigenvalue weighted by Gasteiger charge is -2.27. The van der Waals surface area contributed by atoms with Crippen LogP contribution in [0, 0.1) is 6.92 Å². The number of amides is 1. The summed E-state index contributed by atoms with van der Waals surface area (Å²) in [7, 11) is 2.05. The first-order valence-electron chi connectivity index (χ1n) is 7.59. The second-order valence-corrected chi connectivity index (χ2v) is 7.50. The maximum absolute atomic E-state index is 11.9. The van der Waals surface area contributed by atoms with Crippen LogP contribution in [0.5, 0.6) is 0 Å². The van der Waals surface area contributed by atoms with Crippen molar-refractivity contribution < 1.29 is 4.79 Å². The monoisotopic (exact) mass is 349 g/mol. The van der Waals surface area contributed by atoms with E-state index in [4.69, 9.17) is 0 Å². The lowest BCUT2D eigenvalue weighted by Crippen LogP contribution is -2.40. The Bertz CT molecular complexity index is 615. The van der Waals surface area contributed by atoms with Gasteiger partial charge in [-0.05, 0) is 26.0 Å². The summed E-state index contributed by atoms with van der Waals surface area (Å²) in [6.07, 6.45) is 0. The average Bonchev–Trinajstić information content (AvgIpc) is 2.98. The van der Waals surface area contributed by atoms with Gasteiger partial charge in [-0.2, -0.15) is 0 Å². The lowest BCUT2D eigenvalue weighted by atomic mass is 10.2. The number of rotatable bonds is 8. The third-order valence-corrected chi connectivity index (χ3v) is 5.36. The smallest absolute Gasteiger partial charge is 0.230 e. The van der Waals surface area contributed by atoms with Gasteiger partial charge in [0.1, 0.15) is 0 Å². The van der Waals surface area contributed by atoms with Crippen molar-refractivity contribution in [3.63, 3.8) is 0 Å². The number of nitrogens with one attached hydrogen (secondary N) is 1. The van der Waals surface area contributed by atoms with Gasteiger partial charge in [-0.15, -0.1) is 23.1 Å². The van der Waals surface area contributed by atoms with E-state index in [9.17, 15) is 4.79 Å². The Morgan fingerprint density at radius 2 is 2.13 bits per heavy atom. The molecule has 4 nitrogen and oxygen atoms in total. The topological polar surface area (TPSA) is 45.2 Å². The van der Waals surface area contributed by atoms with Gasteiger partial charge in [-0.3, -0.25) is 4.79 Å². The molecule has 0 radical (unpaired) electrons. The minimum absolute atomic E-state index is 0.0789. The number of thiazole rings is 1. The van der Waals surface area contributed by atoms with Crippen LogP contribution in [0.1, 0.15) is 17.6 Å². The molecule has 6 heteroatoms. The number of aromatic nitrogens is 1. The van der Waals surface area contributed by atoms with Crippen molar-refractivity contribution in [2.24, 2.45) is 0 Å². The SMILES string of the molecule is Cc1nc(CSCC(=O)NCC(C)N(C)c2ccccc2)cs1. The van der Waals surface area contributed by atoms with Gasteiger partial charge in [0.2, 0.25) is 5.91 Å². The maximum atomic E-state index is 11.9. The molecule has 0 aliphatic heterocycles. The van der Waals surface area contributed by atoms with Crippen LogP contribution in [0.2, 0.25) is 0 Å². The number of aryl methyl sites for hydroxylation is 1. The first-order chi connectivity index (χ1) is 11.1. The molecule has 1 unspecified atom stereocenters. The fourth-order valence-electron chi connectivity index (χ4n) is 2.09. The van der Waals surface area contributed by atoms with Gasteiger partial charge in [0.15, 0.2) is 0 Å². The molecule has 2 rings (SSSR count). The molecule has 1 amide bonds. The van der Waals surface area contributed by atoms with Crippen molar-refractivity contribution in [1.82, 2.24) is 10.3 Å². The zero-order valence-electron chi connectivity index (χ0n) is 13.8. The number of hydrogen-bond acceptors (Lipinski definition) is 5. The standard InChI is InChI=1S/C17H23N3OS2/c1-13(20(3)16-7-5-4-6-8-16)9-18-17(21)12-22-10-15-11-23-14(2)19-15/h4-8,11,13H,9-10,12H2,1-3H3,(H,18,21). The molecule has 1 aromatic heterocycles. The van der Waals surface area contributed by atoms with Crippen LogP contribution in [0.4, 0.5) is 5.69 Å². The second kappa shape index (κ2) is 8.93. The Labute approximate surface area is 146 Å². The molecular weight excluding hydrogens is 326 g/mol. The number of likely N-dealkylation sites (N-methyl/N-ethyl adjacent to an activating group) is 1. The first kappa shape index (κ1) is 17.8. The molecule has 0 spiro atoms. The van der Waals surface area contributed by atoms with Gasteiger partial charge in [-0.25, -0.2) is 4.98 Å². The molecule has 0 bridgehead atoms. The van der Waals surface area contributed by atoms with Crippen LogP contribution >= 0.6 is 23.1 Å². The molecule has 1 heterocycles. The molecule has 124 valence electrons. The van der Waals surface area contributed by atoms with Crippen molar-refractivity contribution in [1.29, 1.82) is 0 Å². The molecule has 0 aliphatic rings. The Morgan fingerprint density at radius 3 is 2.78 bits per heavy atom. The summed E-state index contributed by atoms with van der Waals surface area (Å²) in [5.74, 6) is 1.34. The Hall–Kier alpha value is -1.53. The van der Waals surface area contributed by atoms with Crippen molar-refractivity contribution >= 4 is 34.7 Å². The zero-order chi connectivity index (χ0) is 16.7. The number of carbonyl (C=O) groups excluding carboxylic acids is 1. The molecule has 1 atom stereocenters. The molecule has 2 aromatic rings. The number of carbonyl (C=O) groups is 1. The van der Waals surface area contributed by atoms with Crippen molar-refractivity contribution in [2.75, 3.05) is 24.2 Å². The largest absolute Gasteiger partial charge is 0.370 e. The van der Waals surface area contributed by atoms with Crippen molar-refractivity contribution in [3.8, 4) is 0 Å². The zero-order valence-corrected chi connectivity index (χ0v) is 15.4. The summed E-state index contributed by atoms with van der Waals surface area (Å²) in [6, 6.07) is 10.4. The summed E-state index contributed by atoms with van der Waals surface area (Å²) in [5.41, 5.74) is 2.21. The molecule has 0 aliphatic carbocycles. The first-order valence-corrected chi connectivity index (χ1v) is 9.63. The van der Waals surface area contributed by atoms with Gasteiger partial charge in [0.05, 0.1) is 16.5 Å². The fraction of sp³-hybridized carbons (Fsp3) is 0.412. The summed E-state index contributed by atoms with van der Waals surface area (Å²) in [6.45, 7) is 4.75. The van der Waals surface area contributed by atoms with E-state index in [1.165, 1.54) is 0 Å². The van der Waals surface area contributed by atoms with Gasteiger partial charge in [0, 0.05) is 36.5 Å². The van der Waals surface area contributed by atoms with Crippen LogP contribution in [-0.4, -0.2) is 36.3 Å². The predicted molar refractivity (Wildman–Crippen MR) is 100 cm³/mol. The third kappa shape index (κ3) is 5.88. The van der Waals surface area contributed by atoms with E-state index in [0.29, 0.717) is 12.3 Å². The molecule has 0 saturated heterocycles. The van der Waals surface area contributed by atoms with Gasteiger partial charge >= 0.3 is 0 Å². The summed E-state index contributed by atoms with van der Waals surface area (Å²) < 4.78 is 0. The molecule has 0 saturated carbocycles. The van der Waals surface area contributed by atoms with Gasteiger partial charge in [-0.1, -0.05) is 18.2 Å². The summed E-state index contributed by atoms with van der Waals surface area (Å²) in [5, 5.41) is 6.13. The summed E-state index contributed by atoms with van der Waals surface area (Å²) >= 11 is 3.25. The molecule has 0 fully saturated rings. The minimum Gasteiger partial charge on any atom is -0.370 e. The number of nitrogens with zero attached hydrogens (tertiary/aromatic N) is 2. The Morgan fingerprint density at radius 1 is 1.39 bits per heavy atom. The summed E-state index contributed by atoms with van der Waals surface area (Å²) in [4.78, 5) is 18.5. The lowest BCUT2D eigenvalue weighted by molar-refractivity contribution is -0.118. The predicted octanol–water partition coefficient (Wildman–Crippen LogP) is 3.33. The van der Waals surface area contributed by atoms with Crippen molar-refractivity contribution in [2.45, 2.75) is 25.6 Å². The number of hydrogen-bond donors (Lipinski definition) is 1. The number of para-hydroxylation sites is 1. The number of anilines is 1. The fourth-order valence-corrected chi connectivity index (χ4v) is 3.55. The number of benzene rings is 1. The molecular formula is C17H23N3OS2. The van der Waals surface area contributed by atoms with Crippen molar-refractivity contribution in [3.05, 3.63) is 46.4 Å². The van der Waals surface area contributed by atoms with Gasteiger partial charge < -0.3 is 10.2 Å². The highest BCUT2D eigenvalue weighted by Crippen LogP contribution is 2.15. The van der Waals surface area contributed by atoms with E-state index in [2.05, 4.69) is 39.6 Å². The molecule has 23 heavy (non-hydrogen) atoms. The van der Waals surface area contributed by atoms with Crippen LogP contribution in [-0.2, 0) is 10.5 Å². The highest BCUT2D eigenvalue weighted by molar-refractivity contribution is 7.99. The van der Waals surface area contributed by atoms with E-state index in [1.54, 1.807) is 23.1 Å². The quantitative estimate of drug-likeness (QED) is 0.794. The van der Waals surface area contributed by atoms with E-state index >= 15 is 0 Å². The second-order valence-electron chi connectivity index (χ2n) is 5.45. The molecule has 1 N–H and O–H groups in total. The third-order valence-electron chi connectivity index (χ3n) is 3.57. The highest BCUT2D eigenvalue weighted by Gasteiger charge is 2.11. The van der Waals surface area contributed by atoms with E-state index in [1.807, 2.05) is 32.2 Å². The van der Waals surface area contributed by atoms with Crippen LogP contribution in [0.3, 0.4) is 0 Å². The van der Waals surface area contributed by atoms with E-state index in [0.717, 1.165) is 22.1 Å². The Balaban J connectivity index is 1.67.